The second-order valence-electron chi connectivity index (χ2n) is 6.86. The van der Waals surface area contributed by atoms with Gasteiger partial charge in [-0.25, -0.2) is 4.39 Å². The van der Waals surface area contributed by atoms with Gasteiger partial charge < -0.3 is 15.3 Å². The van der Waals surface area contributed by atoms with Crippen molar-refractivity contribution in [1.29, 1.82) is 0 Å². The summed E-state index contributed by atoms with van der Waals surface area (Å²) in [5.41, 5.74) is 1.41. The Labute approximate surface area is 162 Å². The molecule has 0 aromatic heterocycles. The van der Waals surface area contributed by atoms with Gasteiger partial charge in [-0.1, -0.05) is 18.2 Å². The van der Waals surface area contributed by atoms with Crippen LogP contribution in [0.15, 0.2) is 42.5 Å². The highest BCUT2D eigenvalue weighted by atomic mass is 19.1. The highest BCUT2D eigenvalue weighted by Crippen LogP contribution is 2.25. The number of aliphatic carboxylic acids is 1. The highest BCUT2D eigenvalue weighted by molar-refractivity contribution is 6.05. The molecular formula is C21H21FN2O4. The Morgan fingerprint density at radius 3 is 2.68 bits per heavy atom. The lowest BCUT2D eigenvalue weighted by Gasteiger charge is -2.24. The summed E-state index contributed by atoms with van der Waals surface area (Å²) in [7, 11) is 0. The first kappa shape index (κ1) is 19.5. The molecule has 1 atom stereocenters. The lowest BCUT2D eigenvalue weighted by molar-refractivity contribution is -0.137. The molecule has 7 heteroatoms. The monoisotopic (exact) mass is 384 g/mol. The third-order valence-corrected chi connectivity index (χ3v) is 4.90. The first-order valence-corrected chi connectivity index (χ1v) is 9.06. The summed E-state index contributed by atoms with van der Waals surface area (Å²) in [6.07, 6.45) is 1.32. The molecule has 0 aliphatic carbocycles. The summed E-state index contributed by atoms with van der Waals surface area (Å²) in [6, 6.07) is 10.2. The zero-order valence-electron chi connectivity index (χ0n) is 15.4. The van der Waals surface area contributed by atoms with Gasteiger partial charge in [0, 0.05) is 23.8 Å². The van der Waals surface area contributed by atoms with Crippen LogP contribution >= 0.6 is 0 Å². The number of rotatable bonds is 5. The molecule has 28 heavy (non-hydrogen) atoms. The SMILES string of the molecule is Cc1ccc(C(=O)N2CCCC2CC(=O)O)cc1NC(=O)c1ccccc1F. The van der Waals surface area contributed by atoms with Gasteiger partial charge in [0.2, 0.25) is 0 Å². The first-order valence-electron chi connectivity index (χ1n) is 9.06. The molecule has 1 heterocycles. The molecule has 2 N–H and O–H groups in total. The number of halogens is 1. The van der Waals surface area contributed by atoms with E-state index in [0.717, 1.165) is 12.0 Å². The zero-order chi connectivity index (χ0) is 20.3. The third-order valence-electron chi connectivity index (χ3n) is 4.90. The fraction of sp³-hybridized carbons (Fsp3) is 0.286. The van der Waals surface area contributed by atoms with E-state index in [4.69, 9.17) is 5.11 Å². The van der Waals surface area contributed by atoms with Crippen LogP contribution < -0.4 is 5.32 Å². The van der Waals surface area contributed by atoms with Crippen LogP contribution in [0.2, 0.25) is 0 Å². The van der Waals surface area contributed by atoms with Gasteiger partial charge in [-0.15, -0.1) is 0 Å². The molecule has 1 unspecified atom stereocenters. The summed E-state index contributed by atoms with van der Waals surface area (Å²) in [6.45, 7) is 2.27. The number of likely N-dealkylation sites (tertiary alicyclic amines) is 1. The van der Waals surface area contributed by atoms with Gasteiger partial charge >= 0.3 is 5.97 Å². The summed E-state index contributed by atoms with van der Waals surface area (Å²) >= 11 is 0. The molecule has 1 fully saturated rings. The summed E-state index contributed by atoms with van der Waals surface area (Å²) in [4.78, 5) is 37.9. The molecule has 2 aromatic rings. The van der Waals surface area contributed by atoms with E-state index in [2.05, 4.69) is 5.32 Å². The van der Waals surface area contributed by atoms with Gasteiger partial charge in [0.1, 0.15) is 5.82 Å². The van der Waals surface area contributed by atoms with E-state index in [1.807, 2.05) is 0 Å². The van der Waals surface area contributed by atoms with E-state index in [-0.39, 0.29) is 23.9 Å². The quantitative estimate of drug-likeness (QED) is 0.826. The van der Waals surface area contributed by atoms with Crippen molar-refractivity contribution in [3.63, 3.8) is 0 Å². The normalized spacial score (nSPS) is 16.1. The Morgan fingerprint density at radius 1 is 1.21 bits per heavy atom. The van der Waals surface area contributed by atoms with Crippen molar-refractivity contribution in [2.75, 3.05) is 11.9 Å². The van der Waals surface area contributed by atoms with E-state index >= 15 is 0 Å². The number of carbonyl (C=O) groups excluding carboxylic acids is 2. The number of nitrogens with zero attached hydrogens (tertiary/aromatic N) is 1. The number of amides is 2. The Bertz CT molecular complexity index is 928. The molecule has 2 aromatic carbocycles. The average Bonchev–Trinajstić information content (AvgIpc) is 3.10. The van der Waals surface area contributed by atoms with Crippen LogP contribution in [-0.4, -0.2) is 40.4 Å². The predicted molar refractivity (Wildman–Crippen MR) is 102 cm³/mol. The Balaban J connectivity index is 1.81. The van der Waals surface area contributed by atoms with Gasteiger partial charge in [0.25, 0.3) is 11.8 Å². The van der Waals surface area contributed by atoms with Crippen LogP contribution in [0.5, 0.6) is 0 Å². The predicted octanol–water partition coefficient (Wildman–Crippen LogP) is 3.47. The topological polar surface area (TPSA) is 86.7 Å². The summed E-state index contributed by atoms with van der Waals surface area (Å²) in [5.74, 6) is -2.44. The highest BCUT2D eigenvalue weighted by Gasteiger charge is 2.31. The number of carbonyl (C=O) groups is 3. The summed E-state index contributed by atoms with van der Waals surface area (Å²) < 4.78 is 13.8. The molecule has 0 spiro atoms. The maximum atomic E-state index is 13.8. The van der Waals surface area contributed by atoms with E-state index in [1.165, 1.54) is 18.2 Å². The van der Waals surface area contributed by atoms with Crippen molar-refractivity contribution < 1.29 is 23.9 Å². The van der Waals surface area contributed by atoms with E-state index in [1.54, 1.807) is 36.1 Å². The number of hydrogen-bond donors (Lipinski definition) is 2. The molecule has 1 saturated heterocycles. The van der Waals surface area contributed by atoms with Crippen LogP contribution in [0.1, 0.15) is 45.5 Å². The van der Waals surface area contributed by atoms with Gasteiger partial charge in [-0.05, 0) is 49.6 Å². The first-order chi connectivity index (χ1) is 13.4. The zero-order valence-corrected chi connectivity index (χ0v) is 15.4. The smallest absolute Gasteiger partial charge is 0.305 e. The van der Waals surface area contributed by atoms with E-state index < -0.39 is 17.7 Å². The van der Waals surface area contributed by atoms with Crippen molar-refractivity contribution in [2.24, 2.45) is 0 Å². The van der Waals surface area contributed by atoms with Crippen LogP contribution in [0.4, 0.5) is 10.1 Å². The standard InChI is InChI=1S/C21H21FN2O4/c1-13-8-9-14(21(28)24-10-4-5-15(24)12-19(25)26)11-18(13)23-20(27)16-6-2-3-7-17(16)22/h2-3,6-9,11,15H,4-5,10,12H2,1H3,(H,23,27)(H,25,26). The number of carboxylic acid groups (broad SMARTS) is 1. The molecular weight excluding hydrogens is 363 g/mol. The minimum Gasteiger partial charge on any atom is -0.481 e. The number of nitrogens with one attached hydrogen (secondary N) is 1. The third kappa shape index (κ3) is 4.19. The molecule has 146 valence electrons. The van der Waals surface area contributed by atoms with E-state index in [0.29, 0.717) is 24.2 Å². The minimum atomic E-state index is -0.938. The molecule has 1 aliphatic heterocycles. The minimum absolute atomic E-state index is 0.0836. The van der Waals surface area contributed by atoms with Gasteiger partial charge in [-0.3, -0.25) is 14.4 Å². The lowest BCUT2D eigenvalue weighted by atomic mass is 10.1. The number of anilines is 1. The summed E-state index contributed by atoms with van der Waals surface area (Å²) in [5, 5.41) is 11.7. The largest absolute Gasteiger partial charge is 0.481 e. The maximum absolute atomic E-state index is 13.8. The van der Waals surface area contributed by atoms with Crippen molar-refractivity contribution in [3.05, 3.63) is 65.0 Å². The molecule has 3 rings (SSSR count). The van der Waals surface area contributed by atoms with Gasteiger partial charge in [0.05, 0.1) is 12.0 Å². The van der Waals surface area contributed by atoms with Crippen molar-refractivity contribution in [3.8, 4) is 0 Å². The molecule has 1 aliphatic rings. The number of carboxylic acids is 1. The van der Waals surface area contributed by atoms with Crippen LogP contribution in [-0.2, 0) is 4.79 Å². The van der Waals surface area contributed by atoms with Crippen LogP contribution in [0, 0.1) is 12.7 Å². The van der Waals surface area contributed by atoms with Crippen molar-refractivity contribution in [2.45, 2.75) is 32.2 Å². The Kier molecular flexibility index (Phi) is 5.73. The van der Waals surface area contributed by atoms with Crippen molar-refractivity contribution >= 4 is 23.5 Å². The van der Waals surface area contributed by atoms with Crippen LogP contribution in [0.3, 0.4) is 0 Å². The Morgan fingerprint density at radius 2 is 1.96 bits per heavy atom. The van der Waals surface area contributed by atoms with E-state index in [9.17, 15) is 18.8 Å². The van der Waals surface area contributed by atoms with Crippen LogP contribution in [0.25, 0.3) is 0 Å². The second kappa shape index (κ2) is 8.21. The molecule has 6 nitrogen and oxygen atoms in total. The average molecular weight is 384 g/mol. The fourth-order valence-electron chi connectivity index (χ4n) is 3.41. The van der Waals surface area contributed by atoms with Gasteiger partial charge in [0.15, 0.2) is 0 Å². The fourth-order valence-corrected chi connectivity index (χ4v) is 3.41. The van der Waals surface area contributed by atoms with Crippen molar-refractivity contribution in [1.82, 2.24) is 4.90 Å². The number of aryl methyl sites for hydroxylation is 1. The Hall–Kier alpha value is -3.22. The molecule has 2 amide bonds. The molecule has 0 saturated carbocycles. The van der Waals surface area contributed by atoms with Gasteiger partial charge in [-0.2, -0.15) is 0 Å². The number of hydrogen-bond acceptors (Lipinski definition) is 3. The molecule has 0 radical (unpaired) electrons. The maximum Gasteiger partial charge on any atom is 0.305 e. The lowest BCUT2D eigenvalue weighted by Crippen LogP contribution is -2.36. The second-order valence-corrected chi connectivity index (χ2v) is 6.86. The number of benzene rings is 2. The molecule has 0 bridgehead atoms.